The molecule has 1 rings (SSSR count). The fraction of sp³-hybridized carbons (Fsp3) is 0.125. The van der Waals surface area contributed by atoms with Gasteiger partial charge in [-0.2, -0.15) is 0 Å². The van der Waals surface area contributed by atoms with Gasteiger partial charge < -0.3 is 0 Å². The zero-order valence-electron chi connectivity index (χ0n) is 7.08. The second-order valence-electron chi connectivity index (χ2n) is 2.60. The Labute approximate surface area is 87.0 Å². The number of rotatable bonds is 2. The third-order valence-electron chi connectivity index (χ3n) is 1.60. The van der Waals surface area contributed by atoms with Crippen molar-refractivity contribution >= 4 is 27.4 Å². The first-order chi connectivity index (χ1) is 6.43. The van der Waals surface area contributed by atoms with Gasteiger partial charge in [0.05, 0.1) is 15.0 Å². The van der Waals surface area contributed by atoms with Gasteiger partial charge >= 0.3 is 0 Å². The standard InChI is InChI=1S/C8H5BrFNO3/c1-4(12)6-2-5(11(13)14)3-7(9)8(6)10/h2-3H,1H3. The number of nitro benzene ring substituents is 1. The molecule has 0 atom stereocenters. The fourth-order valence-electron chi connectivity index (χ4n) is 0.936. The van der Waals surface area contributed by atoms with Crippen LogP contribution < -0.4 is 0 Å². The first-order valence-electron chi connectivity index (χ1n) is 3.58. The smallest absolute Gasteiger partial charge is 0.271 e. The lowest BCUT2D eigenvalue weighted by Crippen LogP contribution is -2.00. The summed E-state index contributed by atoms with van der Waals surface area (Å²) in [5, 5.41) is 10.4. The Balaban J connectivity index is 3.43. The van der Waals surface area contributed by atoms with E-state index in [0.717, 1.165) is 19.1 Å². The summed E-state index contributed by atoms with van der Waals surface area (Å²) < 4.78 is 13.1. The van der Waals surface area contributed by atoms with Crippen LogP contribution in [0.2, 0.25) is 0 Å². The van der Waals surface area contributed by atoms with Crippen LogP contribution in [-0.4, -0.2) is 10.7 Å². The van der Waals surface area contributed by atoms with Gasteiger partial charge in [0.1, 0.15) is 5.82 Å². The number of nitrogens with zero attached hydrogens (tertiary/aromatic N) is 1. The minimum Gasteiger partial charge on any atom is -0.294 e. The van der Waals surface area contributed by atoms with Gasteiger partial charge in [0.2, 0.25) is 0 Å². The summed E-state index contributed by atoms with van der Waals surface area (Å²) >= 11 is 2.80. The number of carbonyl (C=O) groups excluding carboxylic acids is 1. The van der Waals surface area contributed by atoms with Crippen LogP contribution in [0.15, 0.2) is 16.6 Å². The van der Waals surface area contributed by atoms with Crippen molar-refractivity contribution in [1.82, 2.24) is 0 Å². The lowest BCUT2D eigenvalue weighted by molar-refractivity contribution is -0.385. The van der Waals surface area contributed by atoms with Crippen molar-refractivity contribution < 1.29 is 14.1 Å². The maximum Gasteiger partial charge on any atom is 0.271 e. The molecule has 0 amide bonds. The zero-order valence-corrected chi connectivity index (χ0v) is 8.67. The van der Waals surface area contributed by atoms with E-state index in [9.17, 15) is 19.3 Å². The molecule has 0 bridgehead atoms. The SMILES string of the molecule is CC(=O)c1cc([N+](=O)[O-])cc(Br)c1F. The average Bonchev–Trinajstić information content (AvgIpc) is 2.08. The monoisotopic (exact) mass is 261 g/mol. The van der Waals surface area contributed by atoms with Gasteiger partial charge in [0.15, 0.2) is 5.78 Å². The molecule has 74 valence electrons. The van der Waals surface area contributed by atoms with E-state index < -0.39 is 16.5 Å². The highest BCUT2D eigenvalue weighted by Crippen LogP contribution is 2.25. The molecule has 1 aromatic carbocycles. The summed E-state index contributed by atoms with van der Waals surface area (Å²) in [7, 11) is 0. The Kier molecular flexibility index (Phi) is 2.95. The molecule has 0 saturated carbocycles. The van der Waals surface area contributed by atoms with Crippen molar-refractivity contribution in [2.24, 2.45) is 0 Å². The third-order valence-corrected chi connectivity index (χ3v) is 2.18. The molecule has 4 nitrogen and oxygen atoms in total. The summed E-state index contributed by atoms with van der Waals surface area (Å²) in [4.78, 5) is 20.6. The molecular weight excluding hydrogens is 257 g/mol. The van der Waals surface area contributed by atoms with E-state index >= 15 is 0 Å². The maximum atomic E-state index is 13.2. The highest BCUT2D eigenvalue weighted by molar-refractivity contribution is 9.10. The summed E-state index contributed by atoms with van der Waals surface area (Å²) in [6.45, 7) is 1.15. The summed E-state index contributed by atoms with van der Waals surface area (Å²) in [6, 6.07) is 1.93. The normalized spacial score (nSPS) is 9.93. The second-order valence-corrected chi connectivity index (χ2v) is 3.46. The Bertz CT molecular complexity index is 419. The van der Waals surface area contributed by atoms with Gasteiger partial charge in [0.25, 0.3) is 5.69 Å². The van der Waals surface area contributed by atoms with E-state index in [1.54, 1.807) is 0 Å². The van der Waals surface area contributed by atoms with E-state index in [0.29, 0.717) is 0 Å². The molecule has 0 aliphatic heterocycles. The molecule has 0 spiro atoms. The van der Waals surface area contributed by atoms with E-state index in [1.807, 2.05) is 0 Å². The largest absolute Gasteiger partial charge is 0.294 e. The minimum absolute atomic E-state index is 0.0862. The van der Waals surface area contributed by atoms with Crippen molar-refractivity contribution in [3.8, 4) is 0 Å². The highest BCUT2D eigenvalue weighted by atomic mass is 79.9. The minimum atomic E-state index is -0.775. The highest BCUT2D eigenvalue weighted by Gasteiger charge is 2.17. The lowest BCUT2D eigenvalue weighted by Gasteiger charge is -2.00. The van der Waals surface area contributed by atoms with Crippen LogP contribution in [0, 0.1) is 15.9 Å². The van der Waals surface area contributed by atoms with Crippen LogP contribution >= 0.6 is 15.9 Å². The van der Waals surface area contributed by atoms with E-state index in [4.69, 9.17) is 0 Å². The Hall–Kier alpha value is -1.30. The van der Waals surface area contributed by atoms with Crippen LogP contribution in [0.3, 0.4) is 0 Å². The van der Waals surface area contributed by atoms with Crippen molar-refractivity contribution in [2.45, 2.75) is 6.92 Å². The number of hydrogen-bond acceptors (Lipinski definition) is 3. The molecule has 0 N–H and O–H groups in total. The zero-order chi connectivity index (χ0) is 10.9. The molecule has 0 fully saturated rings. The molecule has 0 aliphatic carbocycles. The second kappa shape index (κ2) is 3.83. The van der Waals surface area contributed by atoms with Gasteiger partial charge in [-0.1, -0.05) is 0 Å². The predicted octanol–water partition coefficient (Wildman–Crippen LogP) is 2.70. The van der Waals surface area contributed by atoms with Gasteiger partial charge in [-0.05, 0) is 22.9 Å². The topological polar surface area (TPSA) is 60.2 Å². The molecular formula is C8H5BrFNO3. The number of halogens is 2. The summed E-state index contributed by atoms with van der Waals surface area (Å²) in [5.74, 6) is -1.32. The first-order valence-corrected chi connectivity index (χ1v) is 4.37. The summed E-state index contributed by atoms with van der Waals surface area (Å²) in [5.41, 5.74) is -0.602. The van der Waals surface area contributed by atoms with E-state index in [2.05, 4.69) is 15.9 Å². The van der Waals surface area contributed by atoms with Crippen molar-refractivity contribution in [3.63, 3.8) is 0 Å². The van der Waals surface area contributed by atoms with Gasteiger partial charge in [-0.3, -0.25) is 14.9 Å². The number of non-ortho nitro benzene ring substituents is 1. The molecule has 6 heteroatoms. The summed E-state index contributed by atoms with van der Waals surface area (Å²) in [6.07, 6.45) is 0. The molecule has 0 aromatic heterocycles. The molecule has 0 heterocycles. The molecule has 14 heavy (non-hydrogen) atoms. The Morgan fingerprint density at radius 1 is 1.57 bits per heavy atom. The quantitative estimate of drug-likeness (QED) is 0.467. The molecule has 0 radical (unpaired) electrons. The first kappa shape index (κ1) is 10.8. The fourth-order valence-corrected chi connectivity index (χ4v) is 1.38. The van der Waals surface area contributed by atoms with Crippen molar-refractivity contribution in [1.29, 1.82) is 0 Å². The lowest BCUT2D eigenvalue weighted by atomic mass is 10.1. The molecule has 0 aliphatic rings. The predicted molar refractivity (Wildman–Crippen MR) is 50.8 cm³/mol. The number of ketones is 1. The van der Waals surface area contributed by atoms with Crippen molar-refractivity contribution in [3.05, 3.63) is 38.1 Å². The van der Waals surface area contributed by atoms with Crippen LogP contribution in [0.4, 0.5) is 10.1 Å². The third kappa shape index (κ3) is 1.95. The molecule has 0 unspecified atom stereocenters. The molecule has 1 aromatic rings. The Morgan fingerprint density at radius 3 is 2.57 bits per heavy atom. The number of Topliss-reactive ketones (excluding diaryl/α,β-unsaturated/α-hetero) is 1. The van der Waals surface area contributed by atoms with Crippen LogP contribution in [0.25, 0.3) is 0 Å². The average molecular weight is 262 g/mol. The van der Waals surface area contributed by atoms with Gasteiger partial charge in [0, 0.05) is 12.1 Å². The van der Waals surface area contributed by atoms with Gasteiger partial charge in [-0.15, -0.1) is 0 Å². The van der Waals surface area contributed by atoms with E-state index in [1.165, 1.54) is 0 Å². The van der Waals surface area contributed by atoms with E-state index in [-0.39, 0.29) is 15.7 Å². The number of benzene rings is 1. The van der Waals surface area contributed by atoms with Crippen molar-refractivity contribution in [2.75, 3.05) is 0 Å². The molecule has 0 saturated heterocycles. The van der Waals surface area contributed by atoms with Crippen LogP contribution in [-0.2, 0) is 0 Å². The number of hydrogen-bond donors (Lipinski definition) is 0. The van der Waals surface area contributed by atoms with Gasteiger partial charge in [-0.25, -0.2) is 4.39 Å². The number of nitro groups is 1. The van der Waals surface area contributed by atoms with Crippen LogP contribution in [0.5, 0.6) is 0 Å². The Morgan fingerprint density at radius 2 is 2.14 bits per heavy atom. The van der Waals surface area contributed by atoms with Crippen LogP contribution in [0.1, 0.15) is 17.3 Å². The number of carbonyl (C=O) groups is 1. The maximum absolute atomic E-state index is 13.2.